The Balaban J connectivity index is 1.79. The SMILES string of the molecule is CCN(CC(=O)Nc1c(C#N)c(C)c(C)n1C1CCCC1)C(C)c1ccc(C#N)cc1. The highest BCUT2D eigenvalue weighted by Gasteiger charge is 2.27. The van der Waals surface area contributed by atoms with E-state index in [2.05, 4.69) is 33.8 Å². The van der Waals surface area contributed by atoms with Crippen LogP contribution in [0.4, 0.5) is 5.82 Å². The molecule has 162 valence electrons. The van der Waals surface area contributed by atoms with Crippen LogP contribution in [0.5, 0.6) is 0 Å². The topological polar surface area (TPSA) is 84.8 Å². The van der Waals surface area contributed by atoms with Crippen LogP contribution in [0.25, 0.3) is 0 Å². The summed E-state index contributed by atoms with van der Waals surface area (Å²) >= 11 is 0. The lowest BCUT2D eigenvalue weighted by Crippen LogP contribution is -2.35. The summed E-state index contributed by atoms with van der Waals surface area (Å²) < 4.78 is 2.18. The minimum Gasteiger partial charge on any atom is -0.327 e. The molecule has 2 aromatic rings. The lowest BCUT2D eigenvalue weighted by Gasteiger charge is -2.28. The second kappa shape index (κ2) is 9.81. The average molecular weight is 418 g/mol. The van der Waals surface area contributed by atoms with Gasteiger partial charge in [0, 0.05) is 17.8 Å². The normalized spacial score (nSPS) is 14.9. The van der Waals surface area contributed by atoms with Crippen molar-refractivity contribution in [3.8, 4) is 12.1 Å². The zero-order valence-corrected chi connectivity index (χ0v) is 18.9. The lowest BCUT2D eigenvalue weighted by atomic mass is 10.0. The lowest BCUT2D eigenvalue weighted by molar-refractivity contribution is -0.117. The zero-order valence-electron chi connectivity index (χ0n) is 18.9. The minimum atomic E-state index is -0.115. The van der Waals surface area contributed by atoms with Gasteiger partial charge in [-0.1, -0.05) is 31.9 Å². The summed E-state index contributed by atoms with van der Waals surface area (Å²) in [6.45, 7) is 9.03. The summed E-state index contributed by atoms with van der Waals surface area (Å²) in [6.07, 6.45) is 4.53. The fourth-order valence-corrected chi connectivity index (χ4v) is 4.63. The van der Waals surface area contributed by atoms with E-state index in [-0.39, 0.29) is 18.5 Å². The van der Waals surface area contributed by atoms with Gasteiger partial charge in [-0.05, 0) is 63.4 Å². The number of carbonyl (C=O) groups is 1. The van der Waals surface area contributed by atoms with Crippen molar-refractivity contribution in [2.24, 2.45) is 0 Å². The van der Waals surface area contributed by atoms with E-state index < -0.39 is 0 Å². The van der Waals surface area contributed by atoms with E-state index in [1.54, 1.807) is 12.1 Å². The van der Waals surface area contributed by atoms with Crippen molar-refractivity contribution in [1.29, 1.82) is 10.5 Å². The quantitative estimate of drug-likeness (QED) is 0.688. The molecule has 3 rings (SSSR count). The van der Waals surface area contributed by atoms with Crippen LogP contribution in [0.2, 0.25) is 0 Å². The Morgan fingerprint density at radius 1 is 1.19 bits per heavy atom. The fraction of sp³-hybridized carbons (Fsp3) is 0.480. The van der Waals surface area contributed by atoms with Crippen LogP contribution < -0.4 is 5.32 Å². The number of nitrogens with one attached hydrogen (secondary N) is 1. The van der Waals surface area contributed by atoms with Crippen LogP contribution in [-0.4, -0.2) is 28.5 Å². The van der Waals surface area contributed by atoms with Crippen molar-refractivity contribution in [3.05, 3.63) is 52.2 Å². The maximum Gasteiger partial charge on any atom is 0.239 e. The second-order valence-electron chi connectivity index (χ2n) is 8.38. The molecule has 6 heteroatoms. The van der Waals surface area contributed by atoms with Crippen LogP contribution in [-0.2, 0) is 4.79 Å². The van der Waals surface area contributed by atoms with Gasteiger partial charge in [-0.2, -0.15) is 10.5 Å². The van der Waals surface area contributed by atoms with Crippen LogP contribution in [0, 0.1) is 36.5 Å². The summed E-state index contributed by atoms with van der Waals surface area (Å²) in [5, 5.41) is 21.8. The molecule has 1 atom stereocenters. The number of amides is 1. The van der Waals surface area contributed by atoms with Crippen LogP contribution in [0.3, 0.4) is 0 Å². The van der Waals surface area contributed by atoms with E-state index in [4.69, 9.17) is 5.26 Å². The number of benzene rings is 1. The number of nitriles is 2. The maximum absolute atomic E-state index is 13.1. The number of hydrogen-bond donors (Lipinski definition) is 1. The molecule has 31 heavy (non-hydrogen) atoms. The number of likely N-dealkylation sites (N-methyl/N-ethyl adjacent to an activating group) is 1. The first-order chi connectivity index (χ1) is 14.9. The fourth-order valence-electron chi connectivity index (χ4n) is 4.63. The number of nitrogens with zero attached hydrogens (tertiary/aromatic N) is 4. The first-order valence-electron chi connectivity index (χ1n) is 11.1. The first-order valence-corrected chi connectivity index (χ1v) is 11.1. The Morgan fingerprint density at radius 2 is 1.84 bits per heavy atom. The van der Waals surface area contributed by atoms with E-state index in [1.165, 1.54) is 12.8 Å². The Hall–Kier alpha value is -3.09. The number of rotatable bonds is 7. The van der Waals surface area contributed by atoms with Gasteiger partial charge >= 0.3 is 0 Å². The molecule has 1 fully saturated rings. The van der Waals surface area contributed by atoms with Gasteiger partial charge in [-0.15, -0.1) is 0 Å². The molecule has 6 nitrogen and oxygen atoms in total. The van der Waals surface area contributed by atoms with Crippen molar-refractivity contribution in [3.63, 3.8) is 0 Å². The van der Waals surface area contributed by atoms with Gasteiger partial charge in [-0.25, -0.2) is 0 Å². The molecular weight excluding hydrogens is 386 g/mol. The molecule has 0 aliphatic heterocycles. The third-order valence-electron chi connectivity index (χ3n) is 6.64. The van der Waals surface area contributed by atoms with Gasteiger partial charge in [0.15, 0.2) is 0 Å². The molecule has 0 radical (unpaired) electrons. The molecule has 1 aromatic carbocycles. The van der Waals surface area contributed by atoms with Crippen LogP contribution in [0.1, 0.15) is 79.6 Å². The Labute approximate surface area is 185 Å². The first kappa shape index (κ1) is 22.6. The number of carbonyl (C=O) groups excluding carboxylic acids is 1. The second-order valence-corrected chi connectivity index (χ2v) is 8.38. The van der Waals surface area contributed by atoms with Gasteiger partial charge in [0.1, 0.15) is 11.9 Å². The van der Waals surface area contributed by atoms with Gasteiger partial charge < -0.3 is 9.88 Å². The molecule has 0 spiro atoms. The van der Waals surface area contributed by atoms with Gasteiger partial charge in [-0.3, -0.25) is 9.69 Å². The van der Waals surface area contributed by atoms with Crippen molar-refractivity contribution in [1.82, 2.24) is 9.47 Å². The van der Waals surface area contributed by atoms with Gasteiger partial charge in [0.05, 0.1) is 23.7 Å². The Morgan fingerprint density at radius 3 is 2.39 bits per heavy atom. The average Bonchev–Trinajstić information content (AvgIpc) is 3.38. The minimum absolute atomic E-state index is 0.0315. The predicted molar refractivity (Wildman–Crippen MR) is 122 cm³/mol. The Bertz CT molecular complexity index is 1020. The van der Waals surface area contributed by atoms with Gasteiger partial charge in [0.2, 0.25) is 5.91 Å². The number of aromatic nitrogens is 1. The van der Waals surface area contributed by atoms with Crippen molar-refractivity contribution < 1.29 is 4.79 Å². The largest absolute Gasteiger partial charge is 0.327 e. The molecule has 1 heterocycles. The van der Waals surface area contributed by atoms with E-state index in [9.17, 15) is 10.1 Å². The van der Waals surface area contributed by atoms with E-state index in [0.29, 0.717) is 29.5 Å². The molecule has 0 bridgehead atoms. The molecule has 1 N–H and O–H groups in total. The summed E-state index contributed by atoms with van der Waals surface area (Å²) in [5.74, 6) is 0.534. The van der Waals surface area contributed by atoms with Crippen LogP contribution >= 0.6 is 0 Å². The predicted octanol–water partition coefficient (Wildman–Crippen LogP) is 4.99. The highest BCUT2D eigenvalue weighted by Crippen LogP contribution is 2.37. The molecule has 0 saturated heterocycles. The van der Waals surface area contributed by atoms with E-state index in [1.807, 2.05) is 32.9 Å². The van der Waals surface area contributed by atoms with E-state index >= 15 is 0 Å². The molecule has 1 amide bonds. The molecule has 1 aromatic heterocycles. The highest BCUT2D eigenvalue weighted by atomic mass is 16.2. The molecular formula is C25H31N5O. The smallest absolute Gasteiger partial charge is 0.239 e. The number of anilines is 1. The van der Waals surface area contributed by atoms with Crippen molar-refractivity contribution in [2.75, 3.05) is 18.4 Å². The zero-order chi connectivity index (χ0) is 22.5. The summed E-state index contributed by atoms with van der Waals surface area (Å²) in [4.78, 5) is 15.1. The monoisotopic (exact) mass is 417 g/mol. The van der Waals surface area contributed by atoms with Gasteiger partial charge in [0.25, 0.3) is 0 Å². The molecule has 1 saturated carbocycles. The Kier molecular flexibility index (Phi) is 7.15. The van der Waals surface area contributed by atoms with Crippen molar-refractivity contribution in [2.45, 2.75) is 65.5 Å². The maximum atomic E-state index is 13.1. The van der Waals surface area contributed by atoms with Crippen molar-refractivity contribution >= 4 is 11.7 Å². The number of hydrogen-bond acceptors (Lipinski definition) is 4. The third kappa shape index (κ3) is 4.65. The highest BCUT2D eigenvalue weighted by molar-refractivity contribution is 5.93. The standard InChI is InChI=1S/C25H31N5O/c1-5-29(19(4)21-12-10-20(14-26)11-13-21)16-24(31)28-25-23(15-27)17(2)18(3)30(25)22-8-6-7-9-22/h10-13,19,22H,5-9,16H2,1-4H3,(H,28,31). The molecule has 1 aliphatic rings. The molecule has 1 aliphatic carbocycles. The third-order valence-corrected chi connectivity index (χ3v) is 6.64. The summed E-state index contributed by atoms with van der Waals surface area (Å²) in [6, 6.07) is 12.3. The molecule has 1 unspecified atom stereocenters. The van der Waals surface area contributed by atoms with Crippen LogP contribution in [0.15, 0.2) is 24.3 Å². The van der Waals surface area contributed by atoms with E-state index in [0.717, 1.165) is 29.7 Å². The summed E-state index contributed by atoms with van der Waals surface area (Å²) in [7, 11) is 0. The summed E-state index contributed by atoms with van der Waals surface area (Å²) in [5.41, 5.74) is 4.27.